The SMILES string of the molecule is C.C.CC(C)c1c(F)cc(F)cc1F.CC(C)c1cc(F)c(F)cc1Cl.CC(C)c1cccc2ccccc12.CC(C)c1ccccc1-c1ccccc1.COc1ccc(C(C)C)cc1OC.Cc1cc(Cl)cc(C(C)C)c1.Cc1cc(Cl)cc(C(C)C)c1. The van der Waals surface area contributed by atoms with E-state index in [9.17, 15) is 22.0 Å². The summed E-state index contributed by atoms with van der Waals surface area (Å²) in [6.07, 6.45) is 0. The van der Waals surface area contributed by atoms with Crippen LogP contribution in [0.25, 0.3) is 21.9 Å². The number of rotatable bonds is 10. The van der Waals surface area contributed by atoms with Gasteiger partial charge in [-0.05, 0) is 170 Å². The number of aryl methyl sites for hydroxylation is 2. The number of ether oxygens (including phenoxy) is 2. The van der Waals surface area contributed by atoms with Gasteiger partial charge in [-0.25, -0.2) is 22.0 Å². The van der Waals surface area contributed by atoms with Crippen LogP contribution in [-0.4, -0.2) is 14.2 Å². The standard InChI is InChI=1S/C15H16.C13H14.C11H16O2.2C10H13Cl.C9H9ClF2.C9H9F3.2CH4/c1-12(2)14-10-6-7-11-15(14)13-8-4-3-5-9-13;1-10(2)12-9-5-7-11-6-3-4-8-13(11)12;1-8(2)9-5-6-10(12-3)11(7-9)13-4;2*1-7(2)9-4-8(3)5-10(11)6-9;1-5(2)6-3-8(11)9(12)4-7(6)10;1-5(2)9-7(11)3-6(10)4-8(9)12;;/h3-12H,1-2H3;3-10H,1-2H3;5-8H,1-4H3;2*4-7H,1-3H3;2*3-5H,1-2H3;2*1H4. The van der Waals surface area contributed by atoms with Crippen molar-refractivity contribution >= 4 is 45.6 Å². The van der Waals surface area contributed by atoms with Crippen molar-refractivity contribution in [2.75, 3.05) is 14.2 Å². The molecule has 0 aromatic heterocycles. The molecule has 0 saturated heterocycles. The highest BCUT2D eigenvalue weighted by atomic mass is 35.5. The first-order chi connectivity index (χ1) is 41.0. The van der Waals surface area contributed by atoms with Gasteiger partial charge in [-0.2, -0.15) is 0 Å². The third kappa shape index (κ3) is 26.8. The van der Waals surface area contributed by atoms with Crippen molar-refractivity contribution in [2.45, 2.75) is 167 Å². The summed E-state index contributed by atoms with van der Waals surface area (Å²) in [6, 6.07) is 56.2. The minimum atomic E-state index is -0.899. The molecule has 0 amide bonds. The lowest BCUT2D eigenvalue weighted by molar-refractivity contribution is 0.354. The number of halogens is 8. The van der Waals surface area contributed by atoms with Crippen LogP contribution in [0.2, 0.25) is 15.1 Å². The zero-order valence-corrected chi connectivity index (χ0v) is 56.4. The van der Waals surface area contributed by atoms with Crippen molar-refractivity contribution in [3.8, 4) is 22.6 Å². The molecule has 2 nitrogen and oxygen atoms in total. The van der Waals surface area contributed by atoms with Crippen LogP contribution in [0.4, 0.5) is 22.0 Å². The van der Waals surface area contributed by atoms with Crippen LogP contribution in [0.3, 0.4) is 0 Å². The molecule has 0 unspecified atom stereocenters. The Balaban J connectivity index is 0.000000519. The molecule has 0 bridgehead atoms. The van der Waals surface area contributed by atoms with E-state index in [2.05, 4.69) is 198 Å². The number of benzene rings is 9. The Labute approximate surface area is 547 Å². The zero-order valence-electron chi connectivity index (χ0n) is 54.1. The van der Waals surface area contributed by atoms with Gasteiger partial charge in [0.15, 0.2) is 23.1 Å². The minimum absolute atomic E-state index is 0. The molecule has 0 aliphatic heterocycles. The normalized spacial score (nSPS) is 10.4. The molecule has 89 heavy (non-hydrogen) atoms. The van der Waals surface area contributed by atoms with Crippen LogP contribution in [0, 0.1) is 42.9 Å². The second kappa shape index (κ2) is 40.2. The maximum absolute atomic E-state index is 12.9. The van der Waals surface area contributed by atoms with Gasteiger partial charge in [0.05, 0.1) is 14.2 Å². The van der Waals surface area contributed by atoms with E-state index in [4.69, 9.17) is 44.3 Å². The quantitative estimate of drug-likeness (QED) is 0.100. The molecule has 0 heterocycles. The predicted octanol–water partition coefficient (Wildman–Crippen LogP) is 27.1. The van der Waals surface area contributed by atoms with Gasteiger partial charge in [0, 0.05) is 32.8 Å². The smallest absolute Gasteiger partial charge is 0.160 e. The Morgan fingerprint density at radius 3 is 1.25 bits per heavy atom. The summed E-state index contributed by atoms with van der Waals surface area (Å²) in [5.74, 6) is -0.0298. The molecular weight excluding hydrogens is 1180 g/mol. The lowest BCUT2D eigenvalue weighted by Gasteiger charge is -2.12. The summed E-state index contributed by atoms with van der Waals surface area (Å²) in [7, 11) is 3.30. The number of fused-ring (bicyclic) bond motifs is 1. The van der Waals surface area contributed by atoms with Crippen molar-refractivity contribution in [1.82, 2.24) is 0 Å². The lowest BCUT2D eigenvalue weighted by Crippen LogP contribution is -1.98. The highest BCUT2D eigenvalue weighted by Gasteiger charge is 2.15. The molecule has 0 aliphatic rings. The second-order valence-electron chi connectivity index (χ2n) is 23.4. The third-order valence-corrected chi connectivity index (χ3v) is 14.7. The summed E-state index contributed by atoms with van der Waals surface area (Å²) in [4.78, 5) is 0. The molecule has 10 heteroatoms. The Morgan fingerprint density at radius 1 is 0.348 bits per heavy atom. The monoisotopic (exact) mass is 1280 g/mol. The third-order valence-electron chi connectivity index (χ3n) is 13.9. The maximum Gasteiger partial charge on any atom is 0.160 e. The molecule has 0 aliphatic carbocycles. The van der Waals surface area contributed by atoms with Gasteiger partial charge in [-0.3, -0.25) is 0 Å². The van der Waals surface area contributed by atoms with E-state index in [1.165, 1.54) is 60.8 Å². The average Bonchev–Trinajstić information content (AvgIpc) is 3.44. The molecular formula is C79H98Cl3F5O2. The van der Waals surface area contributed by atoms with Crippen LogP contribution in [-0.2, 0) is 0 Å². The van der Waals surface area contributed by atoms with E-state index in [1.54, 1.807) is 28.1 Å². The van der Waals surface area contributed by atoms with Gasteiger partial charge in [-0.15, -0.1) is 0 Å². The first-order valence-corrected chi connectivity index (χ1v) is 30.8. The highest BCUT2D eigenvalue weighted by molar-refractivity contribution is 6.31. The Bertz CT molecular complexity index is 3390. The van der Waals surface area contributed by atoms with E-state index in [1.807, 2.05) is 50.2 Å². The summed E-state index contributed by atoms with van der Waals surface area (Å²) in [5.41, 5.74) is 12.5. The first kappa shape index (κ1) is 80.4. The van der Waals surface area contributed by atoms with Gasteiger partial charge in [0.25, 0.3) is 0 Å². The molecule has 9 rings (SSSR count). The van der Waals surface area contributed by atoms with Crippen LogP contribution in [0.15, 0.2) is 176 Å². The Morgan fingerprint density at radius 2 is 0.787 bits per heavy atom. The van der Waals surface area contributed by atoms with Crippen LogP contribution < -0.4 is 9.47 Å². The maximum atomic E-state index is 12.9. The van der Waals surface area contributed by atoms with Crippen LogP contribution in [0.1, 0.15) is 203 Å². The number of hydrogen-bond acceptors (Lipinski definition) is 2. The number of hydrogen-bond donors (Lipinski definition) is 0. The minimum Gasteiger partial charge on any atom is -0.493 e. The lowest BCUT2D eigenvalue weighted by atomic mass is 9.93. The van der Waals surface area contributed by atoms with E-state index in [-0.39, 0.29) is 37.3 Å². The van der Waals surface area contributed by atoms with Crippen molar-refractivity contribution < 1.29 is 31.4 Å². The molecule has 9 aromatic carbocycles. The van der Waals surface area contributed by atoms with E-state index in [0.29, 0.717) is 47.3 Å². The second-order valence-corrected chi connectivity index (χ2v) is 24.7. The molecule has 0 atom stereocenters. The molecule has 0 spiro atoms. The molecule has 0 fully saturated rings. The first-order valence-electron chi connectivity index (χ1n) is 29.7. The van der Waals surface area contributed by atoms with Gasteiger partial charge < -0.3 is 9.47 Å². The zero-order chi connectivity index (χ0) is 65.2. The topological polar surface area (TPSA) is 18.5 Å². The largest absolute Gasteiger partial charge is 0.493 e. The predicted molar refractivity (Wildman–Crippen MR) is 378 cm³/mol. The Kier molecular flexibility index (Phi) is 36.3. The van der Waals surface area contributed by atoms with E-state index >= 15 is 0 Å². The molecule has 0 radical (unpaired) electrons. The number of methoxy groups -OCH3 is 2. The summed E-state index contributed by atoms with van der Waals surface area (Å²) in [6.45, 7) is 33.1. The summed E-state index contributed by atoms with van der Waals surface area (Å²) >= 11 is 17.5. The fourth-order valence-electron chi connectivity index (χ4n) is 9.13. The summed E-state index contributed by atoms with van der Waals surface area (Å²) in [5, 5.41) is 4.69. The fourth-order valence-corrected chi connectivity index (χ4v) is 10.1. The molecule has 9 aromatic rings. The average molecular weight is 1280 g/mol. The summed E-state index contributed by atoms with van der Waals surface area (Å²) < 4.78 is 73.8. The fraction of sp³-hybridized carbons (Fsp3) is 0.342. The highest BCUT2D eigenvalue weighted by Crippen LogP contribution is 2.32. The van der Waals surface area contributed by atoms with E-state index in [0.717, 1.165) is 33.7 Å². The van der Waals surface area contributed by atoms with Gasteiger partial charge in [-0.1, -0.05) is 262 Å². The van der Waals surface area contributed by atoms with Crippen molar-refractivity contribution in [3.63, 3.8) is 0 Å². The van der Waals surface area contributed by atoms with Crippen molar-refractivity contribution in [3.05, 3.63) is 270 Å². The van der Waals surface area contributed by atoms with Gasteiger partial charge in [0.1, 0.15) is 17.5 Å². The molecule has 482 valence electrons. The van der Waals surface area contributed by atoms with E-state index < -0.39 is 29.1 Å². The van der Waals surface area contributed by atoms with Crippen LogP contribution >= 0.6 is 34.8 Å². The Hall–Kier alpha value is -6.64. The van der Waals surface area contributed by atoms with Gasteiger partial charge >= 0.3 is 0 Å². The van der Waals surface area contributed by atoms with Crippen LogP contribution in [0.5, 0.6) is 11.5 Å². The van der Waals surface area contributed by atoms with Crippen molar-refractivity contribution in [2.24, 2.45) is 0 Å². The van der Waals surface area contributed by atoms with Crippen molar-refractivity contribution in [1.29, 1.82) is 0 Å². The molecule has 0 saturated carbocycles. The molecule has 0 N–H and O–H groups in total. The van der Waals surface area contributed by atoms with Gasteiger partial charge in [0.2, 0.25) is 0 Å².